The van der Waals surface area contributed by atoms with Crippen LogP contribution >= 0.6 is 0 Å². The van der Waals surface area contributed by atoms with Crippen molar-refractivity contribution in [2.45, 2.75) is 58.5 Å². The number of ether oxygens (including phenoxy) is 1. The molecule has 1 unspecified atom stereocenters. The van der Waals surface area contributed by atoms with Crippen molar-refractivity contribution in [3.8, 4) is 0 Å². The molecule has 1 heterocycles. The molecular formula is C15H28N2O2. The summed E-state index contributed by atoms with van der Waals surface area (Å²) < 4.78 is 5.30. The third-order valence-corrected chi connectivity index (χ3v) is 4.47. The molecule has 1 aliphatic carbocycles. The minimum atomic E-state index is -0.416. The van der Waals surface area contributed by atoms with Crippen molar-refractivity contribution in [2.24, 2.45) is 11.3 Å². The third-order valence-electron chi connectivity index (χ3n) is 4.47. The molecule has 0 aromatic heterocycles. The van der Waals surface area contributed by atoms with Crippen LogP contribution in [0.5, 0.6) is 0 Å². The van der Waals surface area contributed by atoms with Crippen LogP contribution in [0.4, 0.5) is 4.79 Å². The van der Waals surface area contributed by atoms with Crippen molar-refractivity contribution in [1.82, 2.24) is 10.6 Å². The summed E-state index contributed by atoms with van der Waals surface area (Å²) in [4.78, 5) is 11.7. The van der Waals surface area contributed by atoms with Crippen LogP contribution in [0.2, 0.25) is 0 Å². The minimum absolute atomic E-state index is 0.287. The van der Waals surface area contributed by atoms with Gasteiger partial charge in [0.1, 0.15) is 5.60 Å². The van der Waals surface area contributed by atoms with E-state index >= 15 is 0 Å². The number of alkyl carbamates (subject to hydrolysis) is 1. The molecule has 2 rings (SSSR count). The van der Waals surface area contributed by atoms with Gasteiger partial charge < -0.3 is 15.4 Å². The van der Waals surface area contributed by atoms with Gasteiger partial charge >= 0.3 is 6.09 Å². The molecule has 1 saturated heterocycles. The highest BCUT2D eigenvalue weighted by Gasteiger charge is 2.43. The van der Waals surface area contributed by atoms with Crippen LogP contribution in [0.15, 0.2) is 0 Å². The van der Waals surface area contributed by atoms with Gasteiger partial charge in [-0.05, 0) is 44.9 Å². The first-order valence-electron chi connectivity index (χ1n) is 7.59. The fourth-order valence-corrected chi connectivity index (χ4v) is 3.51. The predicted molar refractivity (Wildman–Crippen MR) is 76.1 cm³/mol. The molecule has 1 atom stereocenters. The van der Waals surface area contributed by atoms with Gasteiger partial charge in [-0.3, -0.25) is 0 Å². The molecule has 0 bridgehead atoms. The molecule has 0 aromatic rings. The lowest BCUT2D eigenvalue weighted by molar-refractivity contribution is 0.0497. The number of hydrogen-bond acceptors (Lipinski definition) is 3. The van der Waals surface area contributed by atoms with Gasteiger partial charge in [-0.25, -0.2) is 4.79 Å². The molecule has 19 heavy (non-hydrogen) atoms. The summed E-state index contributed by atoms with van der Waals surface area (Å²) in [7, 11) is 0. The first-order chi connectivity index (χ1) is 8.91. The SMILES string of the molecule is CC(C)(C)OC(=O)NCC1CNCC12CCCCC2. The Kier molecular flexibility index (Phi) is 4.39. The summed E-state index contributed by atoms with van der Waals surface area (Å²) in [6, 6.07) is 0. The second kappa shape index (κ2) is 5.70. The Bertz CT molecular complexity index is 317. The van der Waals surface area contributed by atoms with Crippen molar-refractivity contribution in [2.75, 3.05) is 19.6 Å². The van der Waals surface area contributed by atoms with Crippen LogP contribution in [0.25, 0.3) is 0 Å². The maximum Gasteiger partial charge on any atom is 0.407 e. The van der Waals surface area contributed by atoms with Crippen molar-refractivity contribution in [1.29, 1.82) is 0 Å². The van der Waals surface area contributed by atoms with Gasteiger partial charge in [0.2, 0.25) is 0 Å². The van der Waals surface area contributed by atoms with E-state index in [9.17, 15) is 4.79 Å². The Labute approximate surface area is 116 Å². The molecule has 1 aliphatic heterocycles. The normalized spacial score (nSPS) is 26.4. The van der Waals surface area contributed by atoms with Crippen molar-refractivity contribution in [3.63, 3.8) is 0 Å². The van der Waals surface area contributed by atoms with E-state index in [-0.39, 0.29) is 6.09 Å². The van der Waals surface area contributed by atoms with Crippen molar-refractivity contribution >= 4 is 6.09 Å². The lowest BCUT2D eigenvalue weighted by Crippen LogP contribution is -2.41. The molecule has 1 spiro atoms. The zero-order valence-electron chi connectivity index (χ0n) is 12.6. The van der Waals surface area contributed by atoms with Crippen LogP contribution in [0.1, 0.15) is 52.9 Å². The first-order valence-corrected chi connectivity index (χ1v) is 7.59. The third kappa shape index (κ3) is 3.85. The first kappa shape index (κ1) is 14.6. The summed E-state index contributed by atoms with van der Waals surface area (Å²) in [5.74, 6) is 0.556. The van der Waals surface area contributed by atoms with Gasteiger partial charge in [-0.2, -0.15) is 0 Å². The summed E-state index contributed by atoms with van der Waals surface area (Å²) in [6.07, 6.45) is 6.37. The zero-order valence-corrected chi connectivity index (χ0v) is 12.6. The van der Waals surface area contributed by atoms with Gasteiger partial charge in [0, 0.05) is 19.6 Å². The molecule has 2 aliphatic rings. The summed E-state index contributed by atoms with van der Waals surface area (Å²) >= 11 is 0. The van der Waals surface area contributed by atoms with Crippen LogP contribution in [-0.2, 0) is 4.74 Å². The molecule has 1 amide bonds. The highest BCUT2D eigenvalue weighted by molar-refractivity contribution is 5.67. The van der Waals surface area contributed by atoms with Gasteiger partial charge in [-0.1, -0.05) is 19.3 Å². The topological polar surface area (TPSA) is 50.4 Å². The second-order valence-corrected chi connectivity index (χ2v) is 7.13. The summed E-state index contributed by atoms with van der Waals surface area (Å²) in [5, 5.41) is 6.46. The lowest BCUT2D eigenvalue weighted by Gasteiger charge is -2.38. The molecule has 2 fully saturated rings. The molecule has 0 aromatic carbocycles. The van der Waals surface area contributed by atoms with E-state index in [1.165, 1.54) is 32.1 Å². The van der Waals surface area contributed by atoms with E-state index in [1.807, 2.05) is 20.8 Å². The second-order valence-electron chi connectivity index (χ2n) is 7.13. The Balaban J connectivity index is 1.83. The number of nitrogens with one attached hydrogen (secondary N) is 2. The molecule has 4 heteroatoms. The maximum absolute atomic E-state index is 11.7. The largest absolute Gasteiger partial charge is 0.444 e. The molecule has 110 valence electrons. The Morgan fingerprint density at radius 3 is 2.63 bits per heavy atom. The van der Waals surface area contributed by atoms with E-state index in [0.717, 1.165) is 19.6 Å². The average Bonchev–Trinajstić information content (AvgIpc) is 2.68. The number of rotatable bonds is 2. The predicted octanol–water partition coefficient (Wildman–Crippen LogP) is 2.68. The van der Waals surface area contributed by atoms with Crippen LogP contribution < -0.4 is 10.6 Å². The minimum Gasteiger partial charge on any atom is -0.444 e. The maximum atomic E-state index is 11.7. The summed E-state index contributed by atoms with van der Waals surface area (Å²) in [6.45, 7) is 8.57. The van der Waals surface area contributed by atoms with Crippen molar-refractivity contribution < 1.29 is 9.53 Å². The van der Waals surface area contributed by atoms with E-state index in [4.69, 9.17) is 4.74 Å². The van der Waals surface area contributed by atoms with Gasteiger partial charge in [0.05, 0.1) is 0 Å². The molecule has 2 N–H and O–H groups in total. The number of hydrogen-bond donors (Lipinski definition) is 2. The van der Waals surface area contributed by atoms with Crippen LogP contribution in [0.3, 0.4) is 0 Å². The standard InChI is InChI=1S/C15H28N2O2/c1-14(2,3)19-13(18)17-10-12-9-16-11-15(12)7-5-4-6-8-15/h12,16H,4-11H2,1-3H3,(H,17,18). The fraction of sp³-hybridized carbons (Fsp3) is 0.933. The number of amides is 1. The van der Waals surface area contributed by atoms with Gasteiger partial charge in [0.15, 0.2) is 0 Å². The summed E-state index contributed by atoms with van der Waals surface area (Å²) in [5.41, 5.74) is 0.00774. The molecule has 0 radical (unpaired) electrons. The fourth-order valence-electron chi connectivity index (χ4n) is 3.51. The smallest absolute Gasteiger partial charge is 0.407 e. The van der Waals surface area contributed by atoms with Gasteiger partial charge in [-0.15, -0.1) is 0 Å². The van der Waals surface area contributed by atoms with Crippen LogP contribution in [0, 0.1) is 11.3 Å². The quantitative estimate of drug-likeness (QED) is 0.809. The Hall–Kier alpha value is -0.770. The number of carbonyl (C=O) groups is 1. The molecule has 1 saturated carbocycles. The van der Waals surface area contributed by atoms with E-state index < -0.39 is 5.60 Å². The highest BCUT2D eigenvalue weighted by Crippen LogP contribution is 2.44. The molecule has 4 nitrogen and oxygen atoms in total. The Morgan fingerprint density at radius 2 is 2.00 bits per heavy atom. The van der Waals surface area contributed by atoms with E-state index in [0.29, 0.717) is 11.3 Å². The zero-order chi connectivity index (χ0) is 13.9. The monoisotopic (exact) mass is 268 g/mol. The highest BCUT2D eigenvalue weighted by atomic mass is 16.6. The van der Waals surface area contributed by atoms with E-state index in [1.54, 1.807) is 0 Å². The van der Waals surface area contributed by atoms with E-state index in [2.05, 4.69) is 10.6 Å². The molecular weight excluding hydrogens is 240 g/mol. The Morgan fingerprint density at radius 1 is 1.32 bits per heavy atom. The van der Waals surface area contributed by atoms with Crippen LogP contribution in [-0.4, -0.2) is 31.3 Å². The average molecular weight is 268 g/mol. The lowest BCUT2D eigenvalue weighted by atomic mass is 9.68. The number of carbonyl (C=O) groups excluding carboxylic acids is 1. The van der Waals surface area contributed by atoms with Gasteiger partial charge in [0.25, 0.3) is 0 Å². The van der Waals surface area contributed by atoms with Crippen molar-refractivity contribution in [3.05, 3.63) is 0 Å².